The third-order valence-electron chi connectivity index (χ3n) is 6.76. The first-order valence-electron chi connectivity index (χ1n) is 9.78. The number of hydrogen-bond donors (Lipinski definition) is 1. The second kappa shape index (κ2) is 6.09. The number of nitrogens with zero attached hydrogens (tertiary/aromatic N) is 1. The van der Waals surface area contributed by atoms with Crippen molar-refractivity contribution >= 4 is 0 Å². The van der Waals surface area contributed by atoms with Crippen molar-refractivity contribution in [2.24, 2.45) is 17.8 Å². The number of hydrogen-bond acceptors (Lipinski definition) is 3. The molecule has 1 heterocycles. The summed E-state index contributed by atoms with van der Waals surface area (Å²) in [5.74, 6) is 1.68. The minimum atomic E-state index is -4.53. The van der Waals surface area contributed by atoms with Crippen LogP contribution in [0.3, 0.4) is 0 Å². The zero-order chi connectivity index (χ0) is 19.5. The Hall–Kier alpha value is -2.31. The van der Waals surface area contributed by atoms with Gasteiger partial charge in [0.15, 0.2) is 0 Å². The molecule has 3 aliphatic carbocycles. The lowest BCUT2D eigenvalue weighted by Gasteiger charge is -2.40. The van der Waals surface area contributed by atoms with Gasteiger partial charge < -0.3 is 4.74 Å². The Balaban J connectivity index is 1.51. The molecule has 3 fully saturated rings. The van der Waals surface area contributed by atoms with Crippen molar-refractivity contribution in [3.63, 3.8) is 0 Å². The van der Waals surface area contributed by atoms with Gasteiger partial charge in [-0.2, -0.15) is 18.3 Å². The van der Waals surface area contributed by atoms with Gasteiger partial charge in [-0.1, -0.05) is 6.42 Å². The Bertz CT molecular complexity index is 946. The molecule has 0 saturated heterocycles. The number of alkyl halides is 3. The fourth-order valence-electron chi connectivity index (χ4n) is 5.72. The normalized spacial score (nSPS) is 31.2. The molecular weight excluding hydrogens is 369 g/mol. The second-order valence-corrected chi connectivity index (χ2v) is 8.61. The topological polar surface area (TPSA) is 55.0 Å². The summed E-state index contributed by atoms with van der Waals surface area (Å²) in [7, 11) is 0. The molecule has 4 atom stereocenters. The Labute approximate surface area is 160 Å². The van der Waals surface area contributed by atoms with Crippen LogP contribution in [0.15, 0.2) is 35.1 Å². The van der Waals surface area contributed by atoms with Crippen molar-refractivity contribution < 1.29 is 17.9 Å². The number of nitrogens with one attached hydrogen (secondary N) is 1. The lowest BCUT2D eigenvalue weighted by molar-refractivity contribution is -0.140. The van der Waals surface area contributed by atoms with Crippen LogP contribution in [0.5, 0.6) is 5.75 Å². The van der Waals surface area contributed by atoms with Gasteiger partial charge in [0.2, 0.25) is 0 Å². The molecule has 0 radical (unpaired) electrons. The smallest absolute Gasteiger partial charge is 0.419 e. The summed E-state index contributed by atoms with van der Waals surface area (Å²) in [5, 5.41) is 6.09. The fourth-order valence-corrected chi connectivity index (χ4v) is 5.72. The lowest BCUT2D eigenvalue weighted by Crippen LogP contribution is -2.39. The number of halogens is 3. The minimum absolute atomic E-state index is 0.0948. The first kappa shape index (κ1) is 17.8. The Morgan fingerprint density at radius 3 is 2.64 bits per heavy atom. The van der Waals surface area contributed by atoms with E-state index in [2.05, 4.69) is 10.2 Å². The van der Waals surface area contributed by atoms with Gasteiger partial charge in [0, 0.05) is 11.6 Å². The highest BCUT2D eigenvalue weighted by molar-refractivity contribution is 5.62. The molecule has 2 aromatic rings. The van der Waals surface area contributed by atoms with Crippen LogP contribution in [0.1, 0.15) is 44.1 Å². The summed E-state index contributed by atoms with van der Waals surface area (Å²) in [5.41, 5.74) is -1.06. The van der Waals surface area contributed by atoms with E-state index >= 15 is 0 Å². The average Bonchev–Trinajstić information content (AvgIpc) is 2.80. The second-order valence-electron chi connectivity index (χ2n) is 8.61. The maximum absolute atomic E-state index is 13.8. The van der Waals surface area contributed by atoms with Gasteiger partial charge >= 0.3 is 6.18 Å². The van der Waals surface area contributed by atoms with Crippen LogP contribution >= 0.6 is 0 Å². The number of rotatable bonds is 3. The molecule has 3 unspecified atom stereocenters. The first-order valence-corrected chi connectivity index (χ1v) is 9.78. The van der Waals surface area contributed by atoms with Crippen molar-refractivity contribution in [1.29, 1.82) is 0 Å². The molecule has 0 amide bonds. The SMILES string of the molecule is O=c1ccc(-c2ccc(OC34CC5CC[C@@H](C3)C(C5)C4)c(C(F)(F)F)c2)n[nH]1. The lowest BCUT2D eigenvalue weighted by atomic mass is 9.71. The molecule has 3 saturated carbocycles. The van der Waals surface area contributed by atoms with Gasteiger partial charge in [-0.05, 0) is 74.1 Å². The van der Waals surface area contributed by atoms with Crippen LogP contribution in [0.25, 0.3) is 11.3 Å². The first-order chi connectivity index (χ1) is 13.3. The van der Waals surface area contributed by atoms with Crippen LogP contribution in [-0.2, 0) is 6.18 Å². The molecule has 1 aromatic heterocycles. The standard InChI is InChI=1S/C21H21F3N2O2/c22-21(23,24)16-8-13(17-4-6-19(27)26-25-17)3-5-18(16)28-20-9-12-1-2-14(10-20)15(7-12)11-20/h3-6,8,12,14-15H,1-2,7,9-11H2,(H,26,27)/t12?,14-,15?,20?/m0/s1. The van der Waals surface area contributed by atoms with Gasteiger partial charge in [0.25, 0.3) is 5.56 Å². The summed E-state index contributed by atoms with van der Waals surface area (Å²) in [4.78, 5) is 11.2. The highest BCUT2D eigenvalue weighted by Gasteiger charge is 2.55. The Morgan fingerprint density at radius 2 is 1.89 bits per heavy atom. The van der Waals surface area contributed by atoms with Gasteiger partial charge in [-0.15, -0.1) is 0 Å². The van der Waals surface area contributed by atoms with E-state index in [9.17, 15) is 18.0 Å². The van der Waals surface area contributed by atoms with Crippen LogP contribution in [0.4, 0.5) is 13.2 Å². The zero-order valence-corrected chi connectivity index (χ0v) is 15.3. The molecule has 5 rings (SSSR count). The zero-order valence-electron chi connectivity index (χ0n) is 15.3. The van der Waals surface area contributed by atoms with E-state index in [0.717, 1.165) is 25.3 Å². The van der Waals surface area contributed by atoms with Gasteiger partial charge in [-0.3, -0.25) is 4.79 Å². The molecule has 1 N–H and O–H groups in total. The van der Waals surface area contributed by atoms with E-state index in [1.807, 2.05) is 0 Å². The third kappa shape index (κ3) is 3.01. The maximum Gasteiger partial charge on any atom is 0.419 e. The van der Waals surface area contributed by atoms with Crippen molar-refractivity contribution in [2.45, 2.75) is 50.3 Å². The molecule has 28 heavy (non-hydrogen) atoms. The van der Waals surface area contributed by atoms with Crippen LogP contribution in [-0.4, -0.2) is 15.8 Å². The number of fused-ring (bicyclic) bond motifs is 2. The van der Waals surface area contributed by atoms with E-state index in [4.69, 9.17) is 4.74 Å². The Morgan fingerprint density at radius 1 is 1.07 bits per heavy atom. The van der Waals surface area contributed by atoms with Gasteiger partial charge in [0.05, 0.1) is 11.3 Å². The number of H-pyrrole nitrogens is 1. The number of aromatic nitrogens is 2. The number of benzene rings is 1. The van der Waals surface area contributed by atoms with Crippen molar-refractivity contribution in [1.82, 2.24) is 10.2 Å². The number of aromatic amines is 1. The quantitative estimate of drug-likeness (QED) is 0.819. The van der Waals surface area contributed by atoms with E-state index in [-0.39, 0.29) is 11.4 Å². The van der Waals surface area contributed by atoms with Crippen LogP contribution in [0.2, 0.25) is 0 Å². The average molecular weight is 390 g/mol. The molecule has 1 aromatic carbocycles. The highest BCUT2D eigenvalue weighted by atomic mass is 19.4. The highest BCUT2D eigenvalue weighted by Crippen LogP contribution is 2.59. The predicted molar refractivity (Wildman–Crippen MR) is 96.8 cm³/mol. The van der Waals surface area contributed by atoms with Crippen LogP contribution in [0, 0.1) is 17.8 Å². The summed E-state index contributed by atoms with van der Waals surface area (Å²) in [6.45, 7) is 0. The molecule has 148 valence electrons. The summed E-state index contributed by atoms with van der Waals surface area (Å²) < 4.78 is 47.6. The minimum Gasteiger partial charge on any atom is -0.487 e. The van der Waals surface area contributed by atoms with Gasteiger partial charge in [-0.25, -0.2) is 5.10 Å². The van der Waals surface area contributed by atoms with Gasteiger partial charge in [0.1, 0.15) is 11.4 Å². The van der Waals surface area contributed by atoms with Crippen LogP contribution < -0.4 is 10.3 Å². The van der Waals surface area contributed by atoms with Crippen molar-refractivity contribution in [2.75, 3.05) is 0 Å². The Kier molecular flexibility index (Phi) is 3.87. The molecule has 0 spiro atoms. The molecule has 3 aliphatic rings. The number of ether oxygens (including phenoxy) is 1. The predicted octanol–water partition coefficient (Wildman–Crippen LogP) is 4.80. The molecule has 0 aliphatic heterocycles. The van der Waals surface area contributed by atoms with E-state index in [0.29, 0.717) is 23.3 Å². The monoisotopic (exact) mass is 390 g/mol. The molecule has 7 heteroatoms. The maximum atomic E-state index is 13.8. The molecule has 3 bridgehead atoms. The van der Waals surface area contributed by atoms with E-state index in [1.165, 1.54) is 37.5 Å². The van der Waals surface area contributed by atoms with Crippen molar-refractivity contribution in [3.8, 4) is 17.0 Å². The summed E-state index contributed by atoms with van der Waals surface area (Å²) in [6.07, 6.45) is 1.64. The van der Waals surface area contributed by atoms with Crippen molar-refractivity contribution in [3.05, 3.63) is 46.2 Å². The summed E-state index contributed by atoms with van der Waals surface area (Å²) in [6, 6.07) is 6.70. The largest absolute Gasteiger partial charge is 0.487 e. The fraction of sp³-hybridized carbons (Fsp3) is 0.524. The van der Waals surface area contributed by atoms with E-state index < -0.39 is 22.9 Å². The summed E-state index contributed by atoms with van der Waals surface area (Å²) >= 11 is 0. The molecular formula is C21H21F3N2O2. The third-order valence-corrected chi connectivity index (χ3v) is 6.76. The van der Waals surface area contributed by atoms with E-state index in [1.54, 1.807) is 6.07 Å². The molecule has 4 nitrogen and oxygen atoms in total.